The van der Waals surface area contributed by atoms with E-state index in [2.05, 4.69) is 5.32 Å². The molecule has 7 heteroatoms. The lowest BCUT2D eigenvalue weighted by atomic mass is 10.2. The molecule has 6 nitrogen and oxygen atoms in total. The Morgan fingerprint density at radius 3 is 2.71 bits per heavy atom. The standard InChI is InChI=1S/C17H23NO5S/c1-22-14-7-6-12(10-15(14)23-13-4-2-3-5-13)17(21)18-8-9-24-11-16(19)20/h6-7,10,13H,2-5,8-9,11H2,1H3,(H,18,21)(H,19,20). The summed E-state index contributed by atoms with van der Waals surface area (Å²) < 4.78 is 11.3. The van der Waals surface area contributed by atoms with Gasteiger partial charge in [0, 0.05) is 17.9 Å². The number of carboxylic acids is 1. The molecule has 1 saturated carbocycles. The van der Waals surface area contributed by atoms with Crippen LogP contribution >= 0.6 is 11.8 Å². The molecule has 0 bridgehead atoms. The molecule has 0 unspecified atom stereocenters. The van der Waals surface area contributed by atoms with Crippen LogP contribution in [0.15, 0.2) is 18.2 Å². The highest BCUT2D eigenvalue weighted by Gasteiger charge is 2.19. The van der Waals surface area contributed by atoms with E-state index in [9.17, 15) is 9.59 Å². The normalized spacial score (nSPS) is 14.4. The number of carbonyl (C=O) groups excluding carboxylic acids is 1. The second-order valence-electron chi connectivity index (χ2n) is 5.59. The van der Waals surface area contributed by atoms with E-state index >= 15 is 0 Å². The van der Waals surface area contributed by atoms with Crippen molar-refractivity contribution in [3.63, 3.8) is 0 Å². The van der Waals surface area contributed by atoms with Gasteiger partial charge in [-0.25, -0.2) is 0 Å². The summed E-state index contributed by atoms with van der Waals surface area (Å²) in [6.07, 6.45) is 4.58. The number of amides is 1. The zero-order valence-corrected chi connectivity index (χ0v) is 14.6. The number of thioether (sulfide) groups is 1. The van der Waals surface area contributed by atoms with E-state index < -0.39 is 5.97 Å². The van der Waals surface area contributed by atoms with Gasteiger partial charge >= 0.3 is 5.97 Å². The lowest BCUT2D eigenvalue weighted by Crippen LogP contribution is -2.26. The number of hydrogen-bond acceptors (Lipinski definition) is 5. The summed E-state index contributed by atoms with van der Waals surface area (Å²) in [4.78, 5) is 22.6. The van der Waals surface area contributed by atoms with Gasteiger partial charge in [0.25, 0.3) is 5.91 Å². The highest BCUT2D eigenvalue weighted by molar-refractivity contribution is 7.99. The number of hydrogen-bond donors (Lipinski definition) is 2. The van der Waals surface area contributed by atoms with Crippen LogP contribution in [-0.2, 0) is 4.79 Å². The molecule has 0 spiro atoms. The fourth-order valence-corrected chi connectivity index (χ4v) is 3.16. The van der Waals surface area contributed by atoms with Gasteiger partial charge in [-0.15, -0.1) is 11.8 Å². The third-order valence-corrected chi connectivity index (χ3v) is 4.72. The molecular formula is C17H23NO5S. The topological polar surface area (TPSA) is 84.9 Å². The first-order valence-electron chi connectivity index (χ1n) is 8.02. The SMILES string of the molecule is COc1ccc(C(=O)NCCSCC(=O)O)cc1OC1CCCC1. The van der Waals surface area contributed by atoms with E-state index in [0.29, 0.717) is 29.4 Å². The van der Waals surface area contributed by atoms with Gasteiger partial charge in [0.15, 0.2) is 11.5 Å². The van der Waals surface area contributed by atoms with Crippen molar-refractivity contribution >= 4 is 23.6 Å². The van der Waals surface area contributed by atoms with Crippen LogP contribution in [0.2, 0.25) is 0 Å². The first-order chi connectivity index (χ1) is 11.6. The van der Waals surface area contributed by atoms with E-state index in [4.69, 9.17) is 14.6 Å². The van der Waals surface area contributed by atoms with Crippen molar-refractivity contribution in [1.82, 2.24) is 5.32 Å². The number of aliphatic carboxylic acids is 1. The number of carbonyl (C=O) groups is 2. The Bertz CT molecular complexity index is 572. The minimum Gasteiger partial charge on any atom is -0.493 e. The number of carboxylic acid groups (broad SMARTS) is 1. The van der Waals surface area contributed by atoms with Crippen molar-refractivity contribution < 1.29 is 24.2 Å². The van der Waals surface area contributed by atoms with Gasteiger partial charge in [-0.05, 0) is 43.9 Å². The lowest BCUT2D eigenvalue weighted by Gasteiger charge is -2.16. The van der Waals surface area contributed by atoms with Gasteiger partial charge in [0.2, 0.25) is 0 Å². The summed E-state index contributed by atoms with van der Waals surface area (Å²) in [5, 5.41) is 11.3. The van der Waals surface area contributed by atoms with Crippen LogP contribution in [-0.4, -0.2) is 48.2 Å². The van der Waals surface area contributed by atoms with Crippen LogP contribution in [0.1, 0.15) is 36.0 Å². The van der Waals surface area contributed by atoms with Gasteiger partial charge in [0.1, 0.15) is 0 Å². The van der Waals surface area contributed by atoms with Gasteiger partial charge in [-0.1, -0.05) is 0 Å². The van der Waals surface area contributed by atoms with Gasteiger partial charge in [-0.2, -0.15) is 0 Å². The van der Waals surface area contributed by atoms with Crippen molar-refractivity contribution in [1.29, 1.82) is 0 Å². The van der Waals surface area contributed by atoms with Crippen LogP contribution in [0.25, 0.3) is 0 Å². The number of benzene rings is 1. The fourth-order valence-electron chi connectivity index (χ4n) is 2.59. The van der Waals surface area contributed by atoms with Crippen LogP contribution < -0.4 is 14.8 Å². The average molecular weight is 353 g/mol. The molecule has 0 aromatic heterocycles. The van der Waals surface area contributed by atoms with E-state index in [1.807, 2.05) is 0 Å². The maximum Gasteiger partial charge on any atom is 0.313 e. The van der Waals surface area contributed by atoms with E-state index in [1.54, 1.807) is 25.3 Å². The first kappa shape index (κ1) is 18.4. The molecule has 0 heterocycles. The Morgan fingerprint density at radius 2 is 2.04 bits per heavy atom. The molecule has 2 rings (SSSR count). The van der Waals surface area contributed by atoms with Crippen molar-refractivity contribution in [3.8, 4) is 11.5 Å². The molecule has 1 aliphatic carbocycles. The summed E-state index contributed by atoms with van der Waals surface area (Å²) in [5.74, 6) is 0.755. The molecule has 1 amide bonds. The summed E-state index contributed by atoms with van der Waals surface area (Å²) in [7, 11) is 1.58. The maximum atomic E-state index is 12.2. The second kappa shape index (κ2) is 9.42. The van der Waals surface area contributed by atoms with Crippen molar-refractivity contribution in [2.75, 3.05) is 25.2 Å². The quantitative estimate of drug-likeness (QED) is 0.664. The number of ether oxygens (including phenoxy) is 2. The maximum absolute atomic E-state index is 12.2. The Kier molecular flexibility index (Phi) is 7.24. The summed E-state index contributed by atoms with van der Waals surface area (Å²) >= 11 is 1.27. The Labute approximate surface area is 145 Å². The Balaban J connectivity index is 1.91. The smallest absolute Gasteiger partial charge is 0.313 e. The summed E-state index contributed by atoms with van der Waals surface area (Å²) in [5.41, 5.74) is 0.507. The molecule has 0 aliphatic heterocycles. The number of methoxy groups -OCH3 is 1. The molecule has 0 saturated heterocycles. The van der Waals surface area contributed by atoms with E-state index in [0.717, 1.165) is 12.8 Å². The molecule has 1 aromatic carbocycles. The highest BCUT2D eigenvalue weighted by atomic mass is 32.2. The minimum atomic E-state index is -0.852. The van der Waals surface area contributed by atoms with Crippen LogP contribution in [0, 0.1) is 0 Å². The molecule has 24 heavy (non-hydrogen) atoms. The molecule has 132 valence electrons. The zero-order chi connectivity index (χ0) is 17.4. The van der Waals surface area contributed by atoms with Gasteiger partial charge in [0.05, 0.1) is 19.0 Å². The third-order valence-electron chi connectivity index (χ3n) is 3.78. The largest absolute Gasteiger partial charge is 0.493 e. The molecule has 2 N–H and O–H groups in total. The fraction of sp³-hybridized carbons (Fsp3) is 0.529. The van der Waals surface area contributed by atoms with Gasteiger partial charge in [-0.3, -0.25) is 9.59 Å². The molecular weight excluding hydrogens is 330 g/mol. The highest BCUT2D eigenvalue weighted by Crippen LogP contribution is 2.32. The molecule has 0 atom stereocenters. The Morgan fingerprint density at radius 1 is 1.29 bits per heavy atom. The molecule has 1 fully saturated rings. The second-order valence-corrected chi connectivity index (χ2v) is 6.70. The molecule has 1 aromatic rings. The third kappa shape index (κ3) is 5.63. The average Bonchev–Trinajstić information content (AvgIpc) is 3.07. The molecule has 0 radical (unpaired) electrons. The van der Waals surface area contributed by atoms with Crippen molar-refractivity contribution in [2.45, 2.75) is 31.8 Å². The first-order valence-corrected chi connectivity index (χ1v) is 9.18. The summed E-state index contributed by atoms with van der Waals surface area (Å²) in [6, 6.07) is 5.13. The molecule has 1 aliphatic rings. The van der Waals surface area contributed by atoms with Crippen LogP contribution in [0.5, 0.6) is 11.5 Å². The predicted molar refractivity (Wildman–Crippen MR) is 93.2 cm³/mol. The van der Waals surface area contributed by atoms with Crippen LogP contribution in [0.3, 0.4) is 0 Å². The Hall–Kier alpha value is -1.89. The van der Waals surface area contributed by atoms with Gasteiger partial charge < -0.3 is 19.9 Å². The number of rotatable bonds is 9. The summed E-state index contributed by atoms with van der Waals surface area (Å²) in [6.45, 7) is 0.418. The van der Waals surface area contributed by atoms with Crippen molar-refractivity contribution in [3.05, 3.63) is 23.8 Å². The monoisotopic (exact) mass is 353 g/mol. The van der Waals surface area contributed by atoms with Crippen LogP contribution in [0.4, 0.5) is 0 Å². The number of nitrogens with one attached hydrogen (secondary N) is 1. The predicted octanol–water partition coefficient (Wildman–Crippen LogP) is 2.56. The van der Waals surface area contributed by atoms with E-state index in [-0.39, 0.29) is 17.8 Å². The van der Waals surface area contributed by atoms with E-state index in [1.165, 1.54) is 24.6 Å². The minimum absolute atomic E-state index is 0.0395. The van der Waals surface area contributed by atoms with Crippen molar-refractivity contribution in [2.24, 2.45) is 0 Å². The lowest BCUT2D eigenvalue weighted by molar-refractivity contribution is -0.133. The zero-order valence-electron chi connectivity index (χ0n) is 13.7.